The monoisotopic (exact) mass is 314 g/mol. The Bertz CT molecular complexity index is 556. The highest BCUT2D eigenvalue weighted by Crippen LogP contribution is 2.39. The number of hydrogen-bond acceptors (Lipinski definition) is 3. The van der Waals surface area contributed by atoms with E-state index in [2.05, 4.69) is 41.4 Å². The Morgan fingerprint density at radius 2 is 1.77 bits per heavy atom. The van der Waals surface area contributed by atoms with Crippen LogP contribution in [0.15, 0.2) is 30.3 Å². The maximum absolute atomic E-state index is 4.49. The molecule has 0 unspecified atom stereocenters. The predicted octanol–water partition coefficient (Wildman–Crippen LogP) is 6.06. The van der Waals surface area contributed by atoms with Crippen molar-refractivity contribution in [3.63, 3.8) is 0 Å². The Labute approximate surface area is 138 Å². The number of hydrogen-bond donors (Lipinski definition) is 0. The molecule has 0 aliphatic heterocycles. The van der Waals surface area contributed by atoms with Crippen LogP contribution in [0.2, 0.25) is 0 Å². The minimum Gasteiger partial charge on any atom is -0.143 e. The predicted molar refractivity (Wildman–Crippen MR) is 94.2 cm³/mol. The van der Waals surface area contributed by atoms with E-state index < -0.39 is 0 Å². The average molecular weight is 314 g/mol. The Hall–Kier alpha value is -1.22. The lowest BCUT2D eigenvalue weighted by Gasteiger charge is -2.27. The van der Waals surface area contributed by atoms with Crippen LogP contribution in [-0.4, -0.2) is 10.2 Å². The first-order valence-corrected chi connectivity index (χ1v) is 9.57. The van der Waals surface area contributed by atoms with E-state index in [-0.39, 0.29) is 0 Å². The quantitative estimate of drug-likeness (QED) is 0.606. The molecule has 0 saturated heterocycles. The molecule has 0 bridgehead atoms. The summed E-state index contributed by atoms with van der Waals surface area (Å²) in [5.74, 6) is 1.61. The third kappa shape index (κ3) is 3.95. The highest BCUT2D eigenvalue weighted by Gasteiger charge is 2.24. The minimum absolute atomic E-state index is 0.650. The van der Waals surface area contributed by atoms with Crippen molar-refractivity contribution >= 4 is 11.3 Å². The molecule has 3 heteroatoms. The third-order valence-corrected chi connectivity index (χ3v) is 6.01. The summed E-state index contributed by atoms with van der Waals surface area (Å²) in [4.78, 5) is 0. The molecule has 1 aromatic carbocycles. The topological polar surface area (TPSA) is 25.8 Å². The van der Waals surface area contributed by atoms with Gasteiger partial charge in [-0.05, 0) is 31.6 Å². The van der Waals surface area contributed by atoms with Gasteiger partial charge in [0.2, 0.25) is 0 Å². The van der Waals surface area contributed by atoms with Crippen molar-refractivity contribution in [3.8, 4) is 10.6 Å². The number of benzene rings is 1. The van der Waals surface area contributed by atoms with E-state index in [0.29, 0.717) is 5.92 Å². The van der Waals surface area contributed by atoms with Gasteiger partial charge >= 0.3 is 0 Å². The molecule has 2 nitrogen and oxygen atoms in total. The second-order valence-corrected chi connectivity index (χ2v) is 7.53. The van der Waals surface area contributed by atoms with Gasteiger partial charge in [0, 0.05) is 11.5 Å². The first-order chi connectivity index (χ1) is 10.9. The molecule has 2 aromatic rings. The molecule has 0 amide bonds. The zero-order chi connectivity index (χ0) is 15.2. The minimum atomic E-state index is 0.650. The highest BCUT2D eigenvalue weighted by atomic mass is 32.1. The van der Waals surface area contributed by atoms with Crippen molar-refractivity contribution in [3.05, 3.63) is 35.3 Å². The second kappa shape index (κ2) is 7.87. The highest BCUT2D eigenvalue weighted by molar-refractivity contribution is 7.14. The van der Waals surface area contributed by atoms with Crippen LogP contribution in [0.4, 0.5) is 0 Å². The molecule has 0 N–H and O–H groups in total. The zero-order valence-corrected chi connectivity index (χ0v) is 14.3. The van der Waals surface area contributed by atoms with Crippen molar-refractivity contribution < 1.29 is 0 Å². The Kier molecular flexibility index (Phi) is 5.60. The molecule has 118 valence electrons. The molecule has 0 atom stereocenters. The van der Waals surface area contributed by atoms with Crippen LogP contribution >= 0.6 is 11.3 Å². The molecule has 0 spiro atoms. The van der Waals surface area contributed by atoms with Gasteiger partial charge in [-0.1, -0.05) is 74.3 Å². The summed E-state index contributed by atoms with van der Waals surface area (Å²) in [6.45, 7) is 2.29. The van der Waals surface area contributed by atoms with Crippen LogP contribution in [0.25, 0.3) is 10.6 Å². The van der Waals surface area contributed by atoms with Crippen LogP contribution in [0.1, 0.15) is 69.2 Å². The number of nitrogens with zero attached hydrogens (tertiary/aromatic N) is 2. The third-order valence-electron chi connectivity index (χ3n) is 4.87. The number of aromatic nitrogens is 2. The van der Waals surface area contributed by atoms with Gasteiger partial charge in [-0.15, -0.1) is 10.2 Å². The van der Waals surface area contributed by atoms with Gasteiger partial charge in [0.05, 0.1) is 0 Å². The molecule has 1 aliphatic rings. The van der Waals surface area contributed by atoms with Gasteiger partial charge < -0.3 is 0 Å². The van der Waals surface area contributed by atoms with Crippen LogP contribution < -0.4 is 0 Å². The van der Waals surface area contributed by atoms with Crippen molar-refractivity contribution in [2.75, 3.05) is 0 Å². The summed E-state index contributed by atoms with van der Waals surface area (Å²) >= 11 is 1.79. The summed E-state index contributed by atoms with van der Waals surface area (Å²) in [6, 6.07) is 10.4. The van der Waals surface area contributed by atoms with E-state index in [1.54, 1.807) is 11.3 Å². The van der Waals surface area contributed by atoms with E-state index >= 15 is 0 Å². The number of rotatable bonds is 6. The lowest BCUT2D eigenvalue weighted by Crippen LogP contribution is -2.13. The maximum atomic E-state index is 4.49. The van der Waals surface area contributed by atoms with Gasteiger partial charge in [-0.25, -0.2) is 0 Å². The first kappa shape index (κ1) is 15.7. The molecule has 1 fully saturated rings. The van der Waals surface area contributed by atoms with Gasteiger partial charge in [0.15, 0.2) is 0 Å². The van der Waals surface area contributed by atoms with E-state index in [4.69, 9.17) is 0 Å². The lowest BCUT2D eigenvalue weighted by atomic mass is 9.80. The standard InChI is InChI=1S/C19H26N2S/c1-2-3-5-8-15-11-13-17(14-12-15)19-21-20-18(22-19)16-9-6-4-7-10-16/h4,6-7,9-10,15,17H,2-3,5,8,11-14H2,1H3. The summed E-state index contributed by atoms with van der Waals surface area (Å²) < 4.78 is 0. The molecule has 1 aliphatic carbocycles. The molecule has 3 rings (SSSR count). The average Bonchev–Trinajstić information content (AvgIpc) is 3.07. The Morgan fingerprint density at radius 3 is 2.50 bits per heavy atom. The van der Waals surface area contributed by atoms with Crippen LogP contribution in [-0.2, 0) is 0 Å². The van der Waals surface area contributed by atoms with Gasteiger partial charge in [-0.2, -0.15) is 0 Å². The van der Waals surface area contributed by atoms with E-state index in [1.807, 2.05) is 6.07 Å². The van der Waals surface area contributed by atoms with Crippen molar-refractivity contribution in [1.29, 1.82) is 0 Å². The lowest BCUT2D eigenvalue weighted by molar-refractivity contribution is 0.302. The SMILES string of the molecule is CCCCCC1CCC(c2nnc(-c3ccccc3)s2)CC1. The fourth-order valence-corrected chi connectivity index (χ4v) is 4.50. The molecular weight excluding hydrogens is 288 g/mol. The normalized spacial score (nSPS) is 21.9. The number of unbranched alkanes of at least 4 members (excludes halogenated alkanes) is 2. The van der Waals surface area contributed by atoms with E-state index in [0.717, 1.165) is 10.9 Å². The summed E-state index contributed by atoms with van der Waals surface area (Å²) in [5, 5.41) is 11.2. The largest absolute Gasteiger partial charge is 0.147 e. The maximum Gasteiger partial charge on any atom is 0.147 e. The van der Waals surface area contributed by atoms with Crippen molar-refractivity contribution in [1.82, 2.24) is 10.2 Å². The molecule has 22 heavy (non-hydrogen) atoms. The van der Waals surface area contributed by atoms with Gasteiger partial charge in [-0.3, -0.25) is 0 Å². The molecule has 1 saturated carbocycles. The van der Waals surface area contributed by atoms with Crippen LogP contribution in [0.5, 0.6) is 0 Å². The van der Waals surface area contributed by atoms with Gasteiger partial charge in [0.25, 0.3) is 0 Å². The smallest absolute Gasteiger partial charge is 0.143 e. The molecular formula is C19H26N2S. The summed E-state index contributed by atoms with van der Waals surface area (Å²) in [5.41, 5.74) is 1.19. The molecule has 1 aromatic heterocycles. The van der Waals surface area contributed by atoms with Crippen LogP contribution in [0, 0.1) is 5.92 Å². The summed E-state index contributed by atoms with van der Waals surface area (Å²) in [6.07, 6.45) is 11.0. The molecule has 1 heterocycles. The summed E-state index contributed by atoms with van der Waals surface area (Å²) in [7, 11) is 0. The second-order valence-electron chi connectivity index (χ2n) is 6.52. The Morgan fingerprint density at radius 1 is 1.00 bits per heavy atom. The van der Waals surface area contributed by atoms with Crippen molar-refractivity contribution in [2.24, 2.45) is 5.92 Å². The fraction of sp³-hybridized carbons (Fsp3) is 0.579. The first-order valence-electron chi connectivity index (χ1n) is 8.75. The molecule has 0 radical (unpaired) electrons. The van der Waals surface area contributed by atoms with Gasteiger partial charge in [0.1, 0.15) is 10.0 Å². The zero-order valence-electron chi connectivity index (χ0n) is 13.5. The Balaban J connectivity index is 1.55. The fourth-order valence-electron chi connectivity index (χ4n) is 3.48. The van der Waals surface area contributed by atoms with E-state index in [1.165, 1.54) is 61.9 Å². The van der Waals surface area contributed by atoms with Crippen LogP contribution in [0.3, 0.4) is 0 Å². The van der Waals surface area contributed by atoms with Crippen molar-refractivity contribution in [2.45, 2.75) is 64.2 Å². The van der Waals surface area contributed by atoms with E-state index in [9.17, 15) is 0 Å².